The van der Waals surface area contributed by atoms with Crippen molar-refractivity contribution in [3.8, 4) is 6.07 Å². The molecule has 1 unspecified atom stereocenters. The third-order valence-corrected chi connectivity index (χ3v) is 6.52. The molecule has 5 rings (SSSR count). The van der Waals surface area contributed by atoms with Gasteiger partial charge in [-0.05, 0) is 60.9 Å². The van der Waals surface area contributed by atoms with Gasteiger partial charge in [0.25, 0.3) is 5.56 Å². The molecular weight excluding hydrogens is 386 g/mol. The highest BCUT2D eigenvalue weighted by atomic mass is 16.1. The second kappa shape index (κ2) is 7.93. The fourth-order valence-corrected chi connectivity index (χ4v) is 4.76. The minimum atomic E-state index is -0.0832. The quantitative estimate of drug-likeness (QED) is 0.645. The Morgan fingerprint density at radius 2 is 1.81 bits per heavy atom. The number of aromatic amines is 1. The highest BCUT2D eigenvalue weighted by Gasteiger charge is 2.27. The summed E-state index contributed by atoms with van der Waals surface area (Å²) in [6.45, 7) is 3.93. The number of H-pyrrole nitrogens is 1. The highest BCUT2D eigenvalue weighted by molar-refractivity contribution is 5.93. The Balaban J connectivity index is 1.30. The summed E-state index contributed by atoms with van der Waals surface area (Å²) < 4.78 is 0. The van der Waals surface area contributed by atoms with Crippen molar-refractivity contribution in [2.24, 2.45) is 0 Å². The third kappa shape index (κ3) is 3.69. The first-order valence-corrected chi connectivity index (χ1v) is 10.7. The molecule has 6 heteroatoms. The van der Waals surface area contributed by atoms with E-state index in [2.05, 4.69) is 26.9 Å². The Kier molecular flexibility index (Phi) is 4.97. The molecule has 1 aliphatic heterocycles. The molecule has 1 aliphatic carbocycles. The van der Waals surface area contributed by atoms with Crippen LogP contribution >= 0.6 is 0 Å². The predicted molar refractivity (Wildman–Crippen MR) is 125 cm³/mol. The maximum absolute atomic E-state index is 12.5. The van der Waals surface area contributed by atoms with Crippen molar-refractivity contribution in [3.63, 3.8) is 0 Å². The van der Waals surface area contributed by atoms with E-state index in [1.54, 1.807) is 0 Å². The summed E-state index contributed by atoms with van der Waals surface area (Å²) >= 11 is 0. The summed E-state index contributed by atoms with van der Waals surface area (Å²) in [7, 11) is 0. The average molecular weight is 412 g/mol. The molecule has 1 saturated heterocycles. The molecule has 1 fully saturated rings. The van der Waals surface area contributed by atoms with E-state index in [0.717, 1.165) is 50.1 Å². The van der Waals surface area contributed by atoms with E-state index in [-0.39, 0.29) is 5.56 Å². The second-order valence-electron chi connectivity index (χ2n) is 8.30. The molecular formula is C25H25N5O. The lowest BCUT2D eigenvalue weighted by Crippen LogP contribution is -2.49. The van der Waals surface area contributed by atoms with Gasteiger partial charge in [-0.15, -0.1) is 0 Å². The van der Waals surface area contributed by atoms with E-state index < -0.39 is 0 Å². The molecule has 0 amide bonds. The first-order valence-electron chi connectivity index (χ1n) is 10.7. The van der Waals surface area contributed by atoms with E-state index in [0.29, 0.717) is 22.7 Å². The molecule has 1 atom stereocenters. The zero-order valence-corrected chi connectivity index (χ0v) is 17.3. The molecule has 6 nitrogen and oxygen atoms in total. The van der Waals surface area contributed by atoms with Gasteiger partial charge in [-0.2, -0.15) is 5.26 Å². The Labute approximate surface area is 181 Å². The number of piperazine rings is 1. The van der Waals surface area contributed by atoms with Gasteiger partial charge in [0.05, 0.1) is 11.6 Å². The molecule has 156 valence electrons. The van der Waals surface area contributed by atoms with E-state index in [9.17, 15) is 4.79 Å². The number of nitrogens with two attached hydrogens (primary N) is 1. The Hall–Kier alpha value is -3.56. The second-order valence-corrected chi connectivity index (χ2v) is 8.30. The number of allylic oxidation sites excluding steroid dienone is 1. The molecule has 0 radical (unpaired) electrons. The largest absolute Gasteiger partial charge is 0.398 e. The van der Waals surface area contributed by atoms with Crippen molar-refractivity contribution >= 4 is 27.7 Å². The van der Waals surface area contributed by atoms with E-state index in [4.69, 9.17) is 11.0 Å². The zero-order valence-electron chi connectivity index (χ0n) is 17.3. The number of nitrogens with one attached hydrogen (secondary N) is 1. The van der Waals surface area contributed by atoms with Crippen molar-refractivity contribution in [3.05, 3.63) is 76.2 Å². The van der Waals surface area contributed by atoms with Crippen LogP contribution in [0.4, 0.5) is 11.4 Å². The van der Waals surface area contributed by atoms with Crippen LogP contribution in [0.2, 0.25) is 0 Å². The van der Waals surface area contributed by atoms with Gasteiger partial charge in [0.1, 0.15) is 0 Å². The number of pyridine rings is 1. The average Bonchev–Trinajstić information content (AvgIpc) is 3.30. The predicted octanol–water partition coefficient (Wildman–Crippen LogP) is 3.35. The Morgan fingerprint density at radius 1 is 1.03 bits per heavy atom. The maximum Gasteiger partial charge on any atom is 0.256 e. The molecule has 3 N–H and O–H groups in total. The van der Waals surface area contributed by atoms with Gasteiger partial charge in [-0.25, -0.2) is 0 Å². The Morgan fingerprint density at radius 3 is 2.55 bits per heavy atom. The number of nitrogens with zero attached hydrogens (tertiary/aromatic N) is 3. The van der Waals surface area contributed by atoms with E-state index in [1.165, 1.54) is 11.3 Å². The summed E-state index contributed by atoms with van der Waals surface area (Å²) in [5, 5.41) is 10.4. The van der Waals surface area contributed by atoms with Gasteiger partial charge in [-0.3, -0.25) is 9.69 Å². The van der Waals surface area contributed by atoms with Gasteiger partial charge >= 0.3 is 0 Å². The van der Waals surface area contributed by atoms with Crippen molar-refractivity contribution < 1.29 is 0 Å². The van der Waals surface area contributed by atoms with Gasteiger partial charge in [0.2, 0.25) is 0 Å². The third-order valence-electron chi connectivity index (χ3n) is 6.52. The van der Waals surface area contributed by atoms with Crippen molar-refractivity contribution in [2.75, 3.05) is 36.8 Å². The van der Waals surface area contributed by atoms with Crippen LogP contribution < -0.4 is 16.2 Å². The normalized spacial score (nSPS) is 19.4. The van der Waals surface area contributed by atoms with E-state index in [1.807, 2.05) is 48.5 Å². The monoisotopic (exact) mass is 411 g/mol. The number of hydrogen-bond acceptors (Lipinski definition) is 5. The molecule has 2 aliphatic rings. The molecule has 1 aromatic heterocycles. The number of rotatable bonds is 3. The van der Waals surface area contributed by atoms with Crippen LogP contribution in [-0.4, -0.2) is 42.1 Å². The van der Waals surface area contributed by atoms with Crippen LogP contribution in [0.15, 0.2) is 59.4 Å². The number of nitriles is 1. The standard InChI is InChI=1S/C25H25N5O/c26-16-17-4-7-19(8-5-17)29-10-12-30(13-11-29)20-9-6-18(14-20)24-15-22-21(25(31)28-24)2-1-3-23(22)27/h1-5,7-8,14-15,20H,6,9-13,27H2,(H,28,31). The molecule has 0 saturated carbocycles. The van der Waals surface area contributed by atoms with Gasteiger partial charge in [0.15, 0.2) is 0 Å². The molecule has 0 spiro atoms. The lowest BCUT2D eigenvalue weighted by atomic mass is 10.1. The summed E-state index contributed by atoms with van der Waals surface area (Å²) in [6, 6.07) is 17.9. The topological polar surface area (TPSA) is 89.2 Å². The van der Waals surface area contributed by atoms with Crippen LogP contribution in [0.1, 0.15) is 24.1 Å². The summed E-state index contributed by atoms with van der Waals surface area (Å²) in [5.41, 5.74) is 10.6. The van der Waals surface area contributed by atoms with Crippen LogP contribution in [0.3, 0.4) is 0 Å². The smallest absolute Gasteiger partial charge is 0.256 e. The minimum Gasteiger partial charge on any atom is -0.398 e. The van der Waals surface area contributed by atoms with Crippen LogP contribution in [0.25, 0.3) is 16.3 Å². The first-order chi connectivity index (χ1) is 15.1. The van der Waals surface area contributed by atoms with Crippen molar-refractivity contribution in [2.45, 2.75) is 18.9 Å². The number of aromatic nitrogens is 1. The molecule has 31 heavy (non-hydrogen) atoms. The van der Waals surface area contributed by atoms with Crippen molar-refractivity contribution in [1.29, 1.82) is 5.26 Å². The fourth-order valence-electron chi connectivity index (χ4n) is 4.76. The molecule has 2 heterocycles. The highest BCUT2D eigenvalue weighted by Crippen LogP contribution is 2.32. The van der Waals surface area contributed by atoms with Crippen LogP contribution in [0, 0.1) is 11.3 Å². The summed E-state index contributed by atoms with van der Waals surface area (Å²) in [4.78, 5) is 20.5. The van der Waals surface area contributed by atoms with Gasteiger partial charge < -0.3 is 15.6 Å². The molecule has 0 bridgehead atoms. The molecule has 2 aromatic carbocycles. The van der Waals surface area contributed by atoms with E-state index >= 15 is 0 Å². The number of hydrogen-bond donors (Lipinski definition) is 2. The first kappa shape index (κ1) is 19.4. The summed E-state index contributed by atoms with van der Waals surface area (Å²) in [5.74, 6) is 0. The van der Waals surface area contributed by atoms with Crippen LogP contribution in [-0.2, 0) is 0 Å². The minimum absolute atomic E-state index is 0.0832. The maximum atomic E-state index is 12.5. The van der Waals surface area contributed by atoms with Crippen molar-refractivity contribution in [1.82, 2.24) is 9.88 Å². The van der Waals surface area contributed by atoms with Crippen LogP contribution in [0.5, 0.6) is 0 Å². The van der Waals surface area contributed by atoms with Gasteiger partial charge in [0, 0.05) is 60.1 Å². The molecule has 3 aromatic rings. The number of nitrogen functional groups attached to an aromatic ring is 1. The zero-order chi connectivity index (χ0) is 21.4. The summed E-state index contributed by atoms with van der Waals surface area (Å²) in [6.07, 6.45) is 4.33. The lowest BCUT2D eigenvalue weighted by molar-refractivity contribution is 0.214. The Bertz CT molecular complexity index is 1240. The number of fused-ring (bicyclic) bond motifs is 1. The SMILES string of the molecule is N#Cc1ccc(N2CCN(C3C=C(c4cc5c(N)cccc5c(=O)[nH]4)CC3)CC2)cc1. The lowest BCUT2D eigenvalue weighted by Gasteiger charge is -2.38. The van der Waals surface area contributed by atoms with Gasteiger partial charge in [-0.1, -0.05) is 12.1 Å². The number of anilines is 2. The number of benzene rings is 2. The fraction of sp³-hybridized carbons (Fsp3) is 0.280.